The van der Waals surface area contributed by atoms with Crippen molar-refractivity contribution in [2.75, 3.05) is 20.6 Å². The molecule has 1 aromatic carbocycles. The molecule has 0 aliphatic carbocycles. The van der Waals surface area contributed by atoms with Gasteiger partial charge in [0.1, 0.15) is 5.75 Å². The zero-order valence-electron chi connectivity index (χ0n) is 10.3. The van der Waals surface area contributed by atoms with Crippen molar-refractivity contribution in [2.24, 2.45) is 0 Å². The summed E-state index contributed by atoms with van der Waals surface area (Å²) in [7, 11) is -0.713. The van der Waals surface area contributed by atoms with Crippen LogP contribution in [0.15, 0.2) is 29.2 Å². The number of benzene rings is 1. The van der Waals surface area contributed by atoms with Crippen LogP contribution in [0.3, 0.4) is 0 Å². The molecule has 100 valence electrons. The van der Waals surface area contributed by atoms with Gasteiger partial charge in [-0.05, 0) is 24.3 Å². The van der Waals surface area contributed by atoms with E-state index < -0.39 is 10.0 Å². The van der Waals surface area contributed by atoms with E-state index in [2.05, 4.69) is 5.32 Å². The first-order valence-electron chi connectivity index (χ1n) is 5.34. The molecule has 1 aromatic rings. The van der Waals surface area contributed by atoms with Crippen molar-refractivity contribution in [3.05, 3.63) is 24.3 Å². The van der Waals surface area contributed by atoms with Gasteiger partial charge in [-0.1, -0.05) is 0 Å². The normalized spacial score (nSPS) is 11.5. The second kappa shape index (κ2) is 5.83. The Bertz CT molecular complexity index is 510. The van der Waals surface area contributed by atoms with Gasteiger partial charge in [0.25, 0.3) is 0 Å². The summed E-state index contributed by atoms with van der Waals surface area (Å²) < 4.78 is 25.2. The van der Waals surface area contributed by atoms with Gasteiger partial charge in [0, 0.05) is 27.1 Å². The SMILES string of the molecule is CNC(=O)CCN(C)S(=O)(=O)c1ccc(O)cc1. The third-order valence-electron chi connectivity index (χ3n) is 2.48. The fraction of sp³-hybridized carbons (Fsp3) is 0.364. The Hall–Kier alpha value is -1.60. The van der Waals surface area contributed by atoms with Crippen LogP contribution in [0, 0.1) is 0 Å². The molecule has 18 heavy (non-hydrogen) atoms. The molecule has 0 aliphatic heterocycles. The third-order valence-corrected chi connectivity index (χ3v) is 4.35. The number of amides is 1. The van der Waals surface area contributed by atoms with Crippen LogP contribution in [0.2, 0.25) is 0 Å². The van der Waals surface area contributed by atoms with Crippen molar-refractivity contribution in [3.8, 4) is 5.75 Å². The quantitative estimate of drug-likeness (QED) is 0.798. The maximum absolute atomic E-state index is 12.1. The molecule has 7 heteroatoms. The molecule has 0 aromatic heterocycles. The molecule has 1 rings (SSSR count). The number of phenolic OH excluding ortho intramolecular Hbond substituents is 1. The lowest BCUT2D eigenvalue weighted by Crippen LogP contribution is -2.31. The van der Waals surface area contributed by atoms with Gasteiger partial charge in [0.15, 0.2) is 0 Å². The monoisotopic (exact) mass is 272 g/mol. The van der Waals surface area contributed by atoms with Gasteiger partial charge in [-0.25, -0.2) is 12.7 Å². The second-order valence-corrected chi connectivity index (χ2v) is 5.79. The molecule has 0 unspecified atom stereocenters. The first kappa shape index (κ1) is 14.5. The summed E-state index contributed by atoms with van der Waals surface area (Å²) in [5, 5.41) is 11.5. The molecule has 0 fully saturated rings. The van der Waals surface area contributed by atoms with Crippen LogP contribution in [0.5, 0.6) is 5.75 Å². The van der Waals surface area contributed by atoms with E-state index in [0.29, 0.717) is 0 Å². The number of carbonyl (C=O) groups excluding carboxylic acids is 1. The van der Waals surface area contributed by atoms with Crippen LogP contribution < -0.4 is 5.32 Å². The highest BCUT2D eigenvalue weighted by molar-refractivity contribution is 7.89. The van der Waals surface area contributed by atoms with Crippen molar-refractivity contribution in [3.63, 3.8) is 0 Å². The van der Waals surface area contributed by atoms with Crippen LogP contribution in [0.25, 0.3) is 0 Å². The molecule has 0 heterocycles. The predicted octanol–water partition coefficient (Wildman–Crippen LogP) is 0.149. The minimum absolute atomic E-state index is 0.00182. The predicted molar refractivity (Wildman–Crippen MR) is 66.6 cm³/mol. The van der Waals surface area contributed by atoms with Gasteiger partial charge in [-0.3, -0.25) is 4.79 Å². The zero-order chi connectivity index (χ0) is 13.8. The lowest BCUT2D eigenvalue weighted by atomic mass is 10.3. The molecule has 0 spiro atoms. The van der Waals surface area contributed by atoms with E-state index in [0.717, 1.165) is 4.31 Å². The highest BCUT2D eigenvalue weighted by atomic mass is 32.2. The number of nitrogens with zero attached hydrogens (tertiary/aromatic N) is 1. The maximum Gasteiger partial charge on any atom is 0.242 e. The number of hydrogen-bond acceptors (Lipinski definition) is 4. The number of hydrogen-bond donors (Lipinski definition) is 2. The van der Waals surface area contributed by atoms with Crippen LogP contribution in [0.1, 0.15) is 6.42 Å². The standard InChI is InChI=1S/C11H16N2O4S/c1-12-11(15)7-8-13(2)18(16,17)10-5-3-9(14)4-6-10/h3-6,14H,7-8H2,1-2H3,(H,12,15). The Morgan fingerprint density at radius 2 is 1.89 bits per heavy atom. The molecular weight excluding hydrogens is 256 g/mol. The Morgan fingerprint density at radius 1 is 1.33 bits per heavy atom. The number of phenols is 1. The number of nitrogens with one attached hydrogen (secondary N) is 1. The summed E-state index contributed by atoms with van der Waals surface area (Å²) in [5.74, 6) is -0.218. The van der Waals surface area contributed by atoms with E-state index in [-0.39, 0.29) is 29.5 Å². The smallest absolute Gasteiger partial charge is 0.242 e. The van der Waals surface area contributed by atoms with Gasteiger partial charge in [-0.2, -0.15) is 0 Å². The first-order valence-corrected chi connectivity index (χ1v) is 6.78. The summed E-state index contributed by atoms with van der Waals surface area (Å²) in [6.07, 6.45) is 0.102. The molecule has 0 atom stereocenters. The minimum atomic E-state index is -3.62. The van der Waals surface area contributed by atoms with E-state index >= 15 is 0 Å². The fourth-order valence-electron chi connectivity index (χ4n) is 1.30. The van der Waals surface area contributed by atoms with Crippen LogP contribution in [-0.2, 0) is 14.8 Å². The Balaban J connectivity index is 2.80. The minimum Gasteiger partial charge on any atom is -0.508 e. The van der Waals surface area contributed by atoms with Crippen LogP contribution in [0.4, 0.5) is 0 Å². The summed E-state index contributed by atoms with van der Waals surface area (Å²) >= 11 is 0. The largest absolute Gasteiger partial charge is 0.508 e. The summed E-state index contributed by atoms with van der Waals surface area (Å²) in [6.45, 7) is 0.100. The number of aromatic hydroxyl groups is 1. The first-order chi connectivity index (χ1) is 8.37. The molecule has 2 N–H and O–H groups in total. The van der Waals surface area contributed by atoms with Crippen LogP contribution in [-0.4, -0.2) is 44.4 Å². The van der Waals surface area contributed by atoms with Crippen molar-refractivity contribution in [2.45, 2.75) is 11.3 Å². The van der Waals surface area contributed by atoms with Gasteiger partial charge in [0.2, 0.25) is 15.9 Å². The van der Waals surface area contributed by atoms with Crippen molar-refractivity contribution in [1.29, 1.82) is 0 Å². The van der Waals surface area contributed by atoms with Crippen molar-refractivity contribution in [1.82, 2.24) is 9.62 Å². The van der Waals surface area contributed by atoms with E-state index in [4.69, 9.17) is 5.11 Å². The van der Waals surface area contributed by atoms with Gasteiger partial charge in [0.05, 0.1) is 4.90 Å². The van der Waals surface area contributed by atoms with Gasteiger partial charge < -0.3 is 10.4 Å². The molecule has 0 bridgehead atoms. The van der Waals surface area contributed by atoms with E-state index in [1.165, 1.54) is 38.4 Å². The molecule has 1 amide bonds. The second-order valence-electron chi connectivity index (χ2n) is 3.74. The third kappa shape index (κ3) is 3.44. The zero-order valence-corrected chi connectivity index (χ0v) is 11.1. The molecular formula is C11H16N2O4S. The Kier molecular flexibility index (Phi) is 4.69. The summed E-state index contributed by atoms with van der Waals surface area (Å²) in [4.78, 5) is 11.1. The van der Waals surface area contributed by atoms with E-state index in [1.54, 1.807) is 0 Å². The highest BCUT2D eigenvalue weighted by Crippen LogP contribution is 2.17. The van der Waals surface area contributed by atoms with Crippen LogP contribution >= 0.6 is 0 Å². The maximum atomic E-state index is 12.1. The molecule has 6 nitrogen and oxygen atoms in total. The topological polar surface area (TPSA) is 86.7 Å². The fourth-order valence-corrected chi connectivity index (χ4v) is 2.47. The molecule has 0 saturated heterocycles. The summed E-state index contributed by atoms with van der Waals surface area (Å²) in [6, 6.07) is 5.25. The molecule has 0 saturated carbocycles. The van der Waals surface area contributed by atoms with Crippen molar-refractivity contribution >= 4 is 15.9 Å². The average Bonchev–Trinajstić information content (AvgIpc) is 2.35. The Morgan fingerprint density at radius 3 is 2.39 bits per heavy atom. The number of sulfonamides is 1. The lowest BCUT2D eigenvalue weighted by Gasteiger charge is -2.16. The Labute approximate surface area is 106 Å². The number of carbonyl (C=O) groups is 1. The highest BCUT2D eigenvalue weighted by Gasteiger charge is 2.20. The van der Waals surface area contributed by atoms with Gasteiger partial charge in [-0.15, -0.1) is 0 Å². The lowest BCUT2D eigenvalue weighted by molar-refractivity contribution is -0.120. The molecule has 0 radical (unpaired) electrons. The van der Waals surface area contributed by atoms with E-state index in [9.17, 15) is 13.2 Å². The summed E-state index contributed by atoms with van der Waals surface area (Å²) in [5.41, 5.74) is 0. The van der Waals surface area contributed by atoms with Gasteiger partial charge >= 0.3 is 0 Å². The molecule has 0 aliphatic rings. The van der Waals surface area contributed by atoms with Crippen molar-refractivity contribution < 1.29 is 18.3 Å². The van der Waals surface area contributed by atoms with E-state index in [1.807, 2.05) is 0 Å². The average molecular weight is 272 g/mol. The number of rotatable bonds is 5.